The van der Waals surface area contributed by atoms with Gasteiger partial charge in [-0.1, -0.05) is 19.6 Å². The number of nitrogens with two attached hydrogens (primary N) is 1. The Morgan fingerprint density at radius 1 is 1.44 bits per heavy atom. The average Bonchev–Trinajstić information content (AvgIpc) is 3.18. The number of carbonyl (C=O) groups is 3. The van der Waals surface area contributed by atoms with Crippen molar-refractivity contribution < 1.29 is 23.9 Å². The third-order valence-electron chi connectivity index (χ3n) is 4.40. The number of ether oxygens (including phenoxy) is 2. The molecule has 2 rings (SSSR count). The predicted octanol–water partition coefficient (Wildman–Crippen LogP) is 1.37. The standard InChI is InChI=1S/C17H28N4O5Si/c1-27(2,3)7-6-25-11-21-10-19-9-13(21)15(22)14(26-17(18)24)8-12-4-5-20-16(12)23/h9-10,12,14H,4-8,11H2,1-3H3,(H2,18,24)(H,20,23). The molecule has 2 amide bonds. The molecule has 0 spiro atoms. The van der Waals surface area contributed by atoms with Crippen molar-refractivity contribution in [1.82, 2.24) is 14.9 Å². The van der Waals surface area contributed by atoms with E-state index < -0.39 is 26.1 Å². The van der Waals surface area contributed by atoms with E-state index in [1.54, 1.807) is 4.57 Å². The molecule has 9 nitrogen and oxygen atoms in total. The molecule has 1 aliphatic rings. The Morgan fingerprint density at radius 2 is 2.19 bits per heavy atom. The van der Waals surface area contributed by atoms with Crippen LogP contribution >= 0.6 is 0 Å². The summed E-state index contributed by atoms with van der Waals surface area (Å²) in [5.74, 6) is -0.980. The Hall–Kier alpha value is -2.20. The molecule has 0 aliphatic carbocycles. The van der Waals surface area contributed by atoms with Crippen LogP contribution in [0.5, 0.6) is 0 Å². The molecule has 1 fully saturated rings. The SMILES string of the molecule is C[Si](C)(C)CCOCn1cncc1C(=O)C(CC1CCNC1=O)OC(N)=O. The first kappa shape index (κ1) is 21.1. The lowest BCUT2D eigenvalue weighted by Crippen LogP contribution is -2.34. The molecule has 2 unspecified atom stereocenters. The van der Waals surface area contributed by atoms with Crippen LogP contribution in [-0.2, 0) is 21.0 Å². The third-order valence-corrected chi connectivity index (χ3v) is 6.11. The maximum Gasteiger partial charge on any atom is 0.405 e. The van der Waals surface area contributed by atoms with Gasteiger partial charge >= 0.3 is 6.09 Å². The van der Waals surface area contributed by atoms with Crippen molar-refractivity contribution in [1.29, 1.82) is 0 Å². The van der Waals surface area contributed by atoms with Gasteiger partial charge in [0.05, 0.1) is 12.5 Å². The molecule has 27 heavy (non-hydrogen) atoms. The molecule has 0 radical (unpaired) electrons. The number of carbonyl (C=O) groups excluding carboxylic acids is 3. The van der Waals surface area contributed by atoms with Crippen molar-refractivity contribution in [2.45, 2.75) is 51.4 Å². The molecule has 1 aromatic heterocycles. The summed E-state index contributed by atoms with van der Waals surface area (Å²) in [6.45, 7) is 8.10. The van der Waals surface area contributed by atoms with Gasteiger partial charge in [0.2, 0.25) is 11.7 Å². The molecule has 0 aromatic carbocycles. The van der Waals surface area contributed by atoms with Crippen molar-refractivity contribution in [3.8, 4) is 0 Å². The van der Waals surface area contributed by atoms with Crippen LogP contribution in [0.25, 0.3) is 0 Å². The second kappa shape index (κ2) is 9.13. The zero-order chi connectivity index (χ0) is 20.0. The largest absolute Gasteiger partial charge is 0.438 e. The topological polar surface area (TPSA) is 126 Å². The minimum atomic E-state index is -1.20. The Kier molecular flexibility index (Phi) is 7.14. The van der Waals surface area contributed by atoms with Crippen LogP contribution in [0.1, 0.15) is 23.3 Å². The summed E-state index contributed by atoms with van der Waals surface area (Å²) in [5, 5.41) is 2.70. The van der Waals surface area contributed by atoms with Crippen LogP contribution in [0.2, 0.25) is 25.7 Å². The second-order valence-electron chi connectivity index (χ2n) is 7.90. The van der Waals surface area contributed by atoms with E-state index in [1.807, 2.05) is 0 Å². The number of hydrogen-bond donors (Lipinski definition) is 2. The van der Waals surface area contributed by atoms with Gasteiger partial charge in [0.15, 0.2) is 6.10 Å². The molecular weight excluding hydrogens is 368 g/mol. The quantitative estimate of drug-likeness (QED) is 0.349. The first-order valence-corrected chi connectivity index (χ1v) is 12.7. The molecule has 2 heterocycles. The van der Waals surface area contributed by atoms with E-state index in [1.165, 1.54) is 12.5 Å². The van der Waals surface area contributed by atoms with Gasteiger partial charge < -0.3 is 25.1 Å². The fourth-order valence-corrected chi connectivity index (χ4v) is 3.57. The van der Waals surface area contributed by atoms with Gasteiger partial charge in [-0.2, -0.15) is 0 Å². The Labute approximate surface area is 159 Å². The fourth-order valence-electron chi connectivity index (χ4n) is 2.81. The first-order chi connectivity index (χ1) is 12.7. The molecular formula is C17H28N4O5Si. The van der Waals surface area contributed by atoms with E-state index in [0.717, 1.165) is 6.04 Å². The average molecular weight is 397 g/mol. The number of primary amides is 1. The lowest BCUT2D eigenvalue weighted by Gasteiger charge is -2.19. The highest BCUT2D eigenvalue weighted by molar-refractivity contribution is 6.76. The highest BCUT2D eigenvalue weighted by Gasteiger charge is 2.34. The monoisotopic (exact) mass is 396 g/mol. The lowest BCUT2D eigenvalue weighted by molar-refractivity contribution is -0.123. The summed E-state index contributed by atoms with van der Waals surface area (Å²) in [6, 6.07) is 1.01. The zero-order valence-electron chi connectivity index (χ0n) is 16.1. The van der Waals surface area contributed by atoms with Crippen LogP contribution < -0.4 is 11.1 Å². The van der Waals surface area contributed by atoms with E-state index in [9.17, 15) is 14.4 Å². The summed E-state index contributed by atoms with van der Waals surface area (Å²) in [7, 11) is -1.20. The van der Waals surface area contributed by atoms with Crippen molar-refractivity contribution in [2.24, 2.45) is 11.7 Å². The van der Waals surface area contributed by atoms with Gasteiger partial charge in [-0.3, -0.25) is 9.59 Å². The summed E-state index contributed by atoms with van der Waals surface area (Å²) in [5.41, 5.74) is 5.37. The third kappa shape index (κ3) is 6.47. The lowest BCUT2D eigenvalue weighted by atomic mass is 9.96. The number of nitrogens with zero attached hydrogens (tertiary/aromatic N) is 2. The number of imidazole rings is 1. The van der Waals surface area contributed by atoms with Crippen molar-refractivity contribution in [3.63, 3.8) is 0 Å². The molecule has 3 N–H and O–H groups in total. The molecule has 2 atom stereocenters. The summed E-state index contributed by atoms with van der Waals surface area (Å²) in [6.07, 6.45) is 1.39. The van der Waals surface area contributed by atoms with Crippen LogP contribution in [0.15, 0.2) is 12.5 Å². The molecule has 1 saturated heterocycles. The molecule has 10 heteroatoms. The van der Waals surface area contributed by atoms with Crippen LogP contribution in [-0.4, -0.2) is 54.7 Å². The van der Waals surface area contributed by atoms with E-state index in [2.05, 4.69) is 29.9 Å². The molecule has 0 saturated carbocycles. The number of Topliss-reactive ketones (excluding diaryl/α,β-unsaturated/α-hetero) is 1. The smallest absolute Gasteiger partial charge is 0.405 e. The Bertz CT molecular complexity index is 685. The van der Waals surface area contributed by atoms with Gasteiger partial charge in [-0.05, 0) is 12.5 Å². The number of hydrogen-bond acceptors (Lipinski definition) is 6. The number of amides is 2. The van der Waals surface area contributed by atoms with Gasteiger partial charge in [0.25, 0.3) is 0 Å². The molecule has 0 bridgehead atoms. The molecule has 1 aliphatic heterocycles. The van der Waals surface area contributed by atoms with E-state index in [4.69, 9.17) is 15.2 Å². The number of aromatic nitrogens is 2. The van der Waals surface area contributed by atoms with Gasteiger partial charge in [0, 0.05) is 33.6 Å². The summed E-state index contributed by atoms with van der Waals surface area (Å²) in [4.78, 5) is 39.9. The second-order valence-corrected chi connectivity index (χ2v) is 13.5. The zero-order valence-corrected chi connectivity index (χ0v) is 17.1. The van der Waals surface area contributed by atoms with Crippen molar-refractivity contribution in [3.05, 3.63) is 18.2 Å². The highest BCUT2D eigenvalue weighted by Crippen LogP contribution is 2.21. The van der Waals surface area contributed by atoms with Crippen LogP contribution in [0.3, 0.4) is 0 Å². The van der Waals surface area contributed by atoms with Crippen molar-refractivity contribution in [2.75, 3.05) is 13.2 Å². The Balaban J connectivity index is 2.03. The van der Waals surface area contributed by atoms with Crippen LogP contribution in [0, 0.1) is 5.92 Å². The minimum absolute atomic E-state index is 0.0925. The predicted molar refractivity (Wildman–Crippen MR) is 101 cm³/mol. The van der Waals surface area contributed by atoms with E-state index >= 15 is 0 Å². The first-order valence-electron chi connectivity index (χ1n) is 9.03. The highest BCUT2D eigenvalue weighted by atomic mass is 28.3. The maximum atomic E-state index is 12.9. The van der Waals surface area contributed by atoms with Crippen LogP contribution in [0.4, 0.5) is 4.79 Å². The minimum Gasteiger partial charge on any atom is -0.438 e. The molecule has 150 valence electrons. The number of ketones is 1. The van der Waals surface area contributed by atoms with E-state index in [-0.39, 0.29) is 30.7 Å². The summed E-state index contributed by atoms with van der Waals surface area (Å²) < 4.78 is 12.2. The number of nitrogens with one attached hydrogen (secondary N) is 1. The van der Waals surface area contributed by atoms with E-state index in [0.29, 0.717) is 19.6 Å². The summed E-state index contributed by atoms with van der Waals surface area (Å²) >= 11 is 0. The van der Waals surface area contributed by atoms with Gasteiger partial charge in [-0.25, -0.2) is 9.78 Å². The van der Waals surface area contributed by atoms with Gasteiger partial charge in [0.1, 0.15) is 12.4 Å². The Morgan fingerprint density at radius 3 is 2.78 bits per heavy atom. The number of rotatable bonds is 10. The van der Waals surface area contributed by atoms with Crippen molar-refractivity contribution >= 4 is 25.9 Å². The normalized spacial score (nSPS) is 18.2. The van der Waals surface area contributed by atoms with Gasteiger partial charge in [-0.15, -0.1) is 0 Å². The maximum absolute atomic E-state index is 12.9. The molecule has 1 aromatic rings. The fraction of sp³-hybridized carbons (Fsp3) is 0.647.